The van der Waals surface area contributed by atoms with Gasteiger partial charge >= 0.3 is 0 Å². The fourth-order valence-electron chi connectivity index (χ4n) is 3.08. The van der Waals surface area contributed by atoms with Crippen molar-refractivity contribution in [3.63, 3.8) is 0 Å². The zero-order chi connectivity index (χ0) is 15.8. The molecular formula is C18H30N4. The summed E-state index contributed by atoms with van der Waals surface area (Å²) in [5.74, 6) is 0.883. The van der Waals surface area contributed by atoms with Gasteiger partial charge in [0.25, 0.3) is 0 Å². The molecule has 2 rings (SSSR count). The minimum atomic E-state index is 0.249. The normalized spacial score (nSPS) is 19.0. The van der Waals surface area contributed by atoms with Gasteiger partial charge in [-0.3, -0.25) is 9.89 Å². The third-order valence-electron chi connectivity index (χ3n) is 4.51. The molecule has 1 saturated heterocycles. The number of rotatable bonds is 6. The van der Waals surface area contributed by atoms with E-state index >= 15 is 0 Å². The van der Waals surface area contributed by atoms with Gasteiger partial charge in [0.05, 0.1) is 6.04 Å². The van der Waals surface area contributed by atoms with Crippen LogP contribution in [0, 0.1) is 0 Å². The Balaban J connectivity index is 1.84. The molecule has 2 atom stereocenters. The van der Waals surface area contributed by atoms with Gasteiger partial charge in [0.1, 0.15) is 0 Å². The topological polar surface area (TPSA) is 39.7 Å². The van der Waals surface area contributed by atoms with Crippen LogP contribution >= 0.6 is 0 Å². The van der Waals surface area contributed by atoms with Crippen LogP contribution in [0.5, 0.6) is 0 Å². The van der Waals surface area contributed by atoms with Crippen LogP contribution in [0.15, 0.2) is 35.3 Å². The second kappa shape index (κ2) is 8.79. The molecule has 1 heterocycles. The molecule has 0 saturated carbocycles. The van der Waals surface area contributed by atoms with Crippen LogP contribution in [0.2, 0.25) is 0 Å². The summed E-state index contributed by atoms with van der Waals surface area (Å²) < 4.78 is 0. The lowest BCUT2D eigenvalue weighted by Crippen LogP contribution is -2.46. The van der Waals surface area contributed by atoms with Crippen LogP contribution in [-0.4, -0.2) is 43.6 Å². The van der Waals surface area contributed by atoms with Gasteiger partial charge in [0.2, 0.25) is 0 Å². The van der Waals surface area contributed by atoms with Crippen LogP contribution in [-0.2, 0) is 0 Å². The Labute approximate surface area is 135 Å². The van der Waals surface area contributed by atoms with Crippen molar-refractivity contribution >= 4 is 5.96 Å². The van der Waals surface area contributed by atoms with Gasteiger partial charge in [-0.15, -0.1) is 0 Å². The number of hydrogen-bond acceptors (Lipinski definition) is 2. The Bertz CT molecular complexity index is 451. The van der Waals surface area contributed by atoms with E-state index in [1.807, 2.05) is 13.1 Å². The predicted molar refractivity (Wildman–Crippen MR) is 94.2 cm³/mol. The first kappa shape index (κ1) is 16.8. The van der Waals surface area contributed by atoms with Crippen molar-refractivity contribution < 1.29 is 0 Å². The van der Waals surface area contributed by atoms with Crippen molar-refractivity contribution in [1.29, 1.82) is 0 Å². The van der Waals surface area contributed by atoms with E-state index in [9.17, 15) is 0 Å². The molecule has 122 valence electrons. The number of guanidine groups is 1. The summed E-state index contributed by atoms with van der Waals surface area (Å²) in [5, 5.41) is 6.97. The standard InChI is InChI=1S/C18H30N4/c1-4-17(22-12-8-9-13-22)14-20-18(19-3)21-15(2)16-10-6-5-7-11-16/h5-7,10-11,15,17H,4,8-9,12-14H2,1-3H3,(H2,19,20,21). The highest BCUT2D eigenvalue weighted by Gasteiger charge is 2.20. The largest absolute Gasteiger partial charge is 0.355 e. The summed E-state index contributed by atoms with van der Waals surface area (Å²) in [4.78, 5) is 6.96. The summed E-state index contributed by atoms with van der Waals surface area (Å²) in [6.45, 7) is 7.88. The van der Waals surface area contributed by atoms with Crippen LogP contribution < -0.4 is 10.6 Å². The maximum atomic E-state index is 4.36. The molecule has 1 fully saturated rings. The minimum absolute atomic E-state index is 0.249. The highest BCUT2D eigenvalue weighted by molar-refractivity contribution is 5.80. The van der Waals surface area contributed by atoms with E-state index in [1.54, 1.807) is 0 Å². The lowest BCUT2D eigenvalue weighted by molar-refractivity contribution is 0.236. The first-order valence-electron chi connectivity index (χ1n) is 8.50. The molecule has 2 unspecified atom stereocenters. The lowest BCUT2D eigenvalue weighted by Gasteiger charge is -2.28. The fraction of sp³-hybridized carbons (Fsp3) is 0.611. The number of nitrogens with zero attached hydrogens (tertiary/aromatic N) is 2. The highest BCUT2D eigenvalue weighted by atomic mass is 15.2. The van der Waals surface area contributed by atoms with Gasteiger partial charge in [-0.2, -0.15) is 0 Å². The molecule has 0 radical (unpaired) electrons. The van der Waals surface area contributed by atoms with E-state index in [2.05, 4.69) is 58.6 Å². The van der Waals surface area contributed by atoms with Crippen LogP contribution in [0.1, 0.15) is 44.7 Å². The number of aliphatic imine (C=N–C) groups is 1. The van der Waals surface area contributed by atoms with E-state index in [0.29, 0.717) is 6.04 Å². The fourth-order valence-corrected chi connectivity index (χ4v) is 3.08. The van der Waals surface area contributed by atoms with Crippen molar-refractivity contribution in [3.8, 4) is 0 Å². The quantitative estimate of drug-likeness (QED) is 0.627. The monoisotopic (exact) mass is 302 g/mol. The molecule has 0 aromatic heterocycles. The van der Waals surface area contributed by atoms with E-state index in [4.69, 9.17) is 0 Å². The van der Waals surface area contributed by atoms with E-state index in [0.717, 1.165) is 12.5 Å². The molecule has 2 N–H and O–H groups in total. The van der Waals surface area contributed by atoms with Gasteiger partial charge in [-0.1, -0.05) is 37.3 Å². The van der Waals surface area contributed by atoms with Crippen molar-refractivity contribution in [2.45, 2.75) is 45.2 Å². The molecule has 0 amide bonds. The molecule has 1 aliphatic heterocycles. The third-order valence-corrected chi connectivity index (χ3v) is 4.51. The van der Waals surface area contributed by atoms with Gasteiger partial charge in [0, 0.05) is 19.6 Å². The number of hydrogen-bond donors (Lipinski definition) is 2. The summed E-state index contributed by atoms with van der Waals surface area (Å²) in [6.07, 6.45) is 3.86. The van der Waals surface area contributed by atoms with Crippen LogP contribution in [0.3, 0.4) is 0 Å². The minimum Gasteiger partial charge on any atom is -0.355 e. The van der Waals surface area contributed by atoms with E-state index < -0.39 is 0 Å². The number of benzene rings is 1. The molecule has 1 aromatic carbocycles. The first-order valence-corrected chi connectivity index (χ1v) is 8.50. The lowest BCUT2D eigenvalue weighted by atomic mass is 10.1. The first-order chi connectivity index (χ1) is 10.7. The second-order valence-electron chi connectivity index (χ2n) is 6.03. The zero-order valence-corrected chi connectivity index (χ0v) is 14.2. The van der Waals surface area contributed by atoms with Gasteiger partial charge in [0.15, 0.2) is 5.96 Å². The molecular weight excluding hydrogens is 272 g/mol. The van der Waals surface area contributed by atoms with E-state index in [1.165, 1.54) is 37.9 Å². The smallest absolute Gasteiger partial charge is 0.191 e. The maximum Gasteiger partial charge on any atom is 0.191 e. The van der Waals surface area contributed by atoms with Crippen LogP contribution in [0.4, 0.5) is 0 Å². The van der Waals surface area contributed by atoms with E-state index in [-0.39, 0.29) is 6.04 Å². The summed E-state index contributed by atoms with van der Waals surface area (Å²) in [5.41, 5.74) is 1.28. The highest BCUT2D eigenvalue weighted by Crippen LogP contribution is 2.14. The molecule has 0 aliphatic carbocycles. The molecule has 4 heteroatoms. The molecule has 4 nitrogen and oxygen atoms in total. The van der Waals surface area contributed by atoms with Crippen molar-refractivity contribution in [1.82, 2.24) is 15.5 Å². The maximum absolute atomic E-state index is 4.36. The number of likely N-dealkylation sites (tertiary alicyclic amines) is 1. The summed E-state index contributed by atoms with van der Waals surface area (Å²) >= 11 is 0. The SMILES string of the molecule is CCC(CNC(=NC)NC(C)c1ccccc1)N1CCCC1. The summed E-state index contributed by atoms with van der Waals surface area (Å²) in [6, 6.07) is 11.3. The van der Waals surface area contributed by atoms with Crippen LogP contribution in [0.25, 0.3) is 0 Å². The Hall–Kier alpha value is -1.55. The average Bonchev–Trinajstić information content (AvgIpc) is 3.09. The number of nitrogens with one attached hydrogen (secondary N) is 2. The second-order valence-corrected chi connectivity index (χ2v) is 6.03. The predicted octanol–water partition coefficient (Wildman–Crippen LogP) is 2.79. The zero-order valence-electron chi connectivity index (χ0n) is 14.2. The van der Waals surface area contributed by atoms with Gasteiger partial charge in [-0.05, 0) is 44.8 Å². The van der Waals surface area contributed by atoms with Gasteiger partial charge < -0.3 is 10.6 Å². The Morgan fingerprint density at radius 2 is 1.91 bits per heavy atom. The Morgan fingerprint density at radius 3 is 2.50 bits per heavy atom. The average molecular weight is 302 g/mol. The van der Waals surface area contributed by atoms with Crippen molar-refractivity contribution in [2.24, 2.45) is 4.99 Å². The van der Waals surface area contributed by atoms with Crippen molar-refractivity contribution in [2.75, 3.05) is 26.7 Å². The summed E-state index contributed by atoms with van der Waals surface area (Å²) in [7, 11) is 1.84. The van der Waals surface area contributed by atoms with Crippen molar-refractivity contribution in [3.05, 3.63) is 35.9 Å². The van der Waals surface area contributed by atoms with Gasteiger partial charge in [-0.25, -0.2) is 0 Å². The third kappa shape index (κ3) is 4.73. The molecule has 1 aromatic rings. The molecule has 0 spiro atoms. The Kier molecular flexibility index (Phi) is 6.72. The molecule has 1 aliphatic rings. The molecule has 22 heavy (non-hydrogen) atoms. The molecule has 0 bridgehead atoms. The Morgan fingerprint density at radius 1 is 1.23 bits per heavy atom.